The lowest BCUT2D eigenvalue weighted by Gasteiger charge is -2.13. The number of benzene rings is 2. The van der Waals surface area contributed by atoms with Crippen molar-refractivity contribution in [3.05, 3.63) is 82.7 Å². The number of carbonyl (C=O) groups excluding carboxylic acids is 1. The van der Waals surface area contributed by atoms with Crippen molar-refractivity contribution in [2.45, 2.75) is 0 Å². The van der Waals surface area contributed by atoms with Crippen LogP contribution in [0.15, 0.2) is 67.0 Å². The quantitative estimate of drug-likeness (QED) is 0.432. The Hall–Kier alpha value is -3.54. The predicted molar refractivity (Wildman–Crippen MR) is 91.4 cm³/mol. The van der Waals surface area contributed by atoms with Gasteiger partial charge >= 0.3 is 0 Å². The molecular formula is C18H13N3O3. The Morgan fingerprint density at radius 1 is 0.958 bits per heavy atom. The van der Waals surface area contributed by atoms with Crippen molar-refractivity contribution in [3.8, 4) is 11.1 Å². The van der Waals surface area contributed by atoms with Crippen LogP contribution < -0.4 is 5.32 Å². The Kier molecular flexibility index (Phi) is 4.29. The Balaban J connectivity index is 2.09. The summed E-state index contributed by atoms with van der Waals surface area (Å²) in [5.74, 6) is 0. The number of nitrogens with zero attached hydrogens (tertiary/aromatic N) is 2. The van der Waals surface area contributed by atoms with E-state index in [-0.39, 0.29) is 5.69 Å². The third-order valence-electron chi connectivity index (χ3n) is 3.57. The van der Waals surface area contributed by atoms with E-state index >= 15 is 0 Å². The maximum atomic E-state index is 11.3. The van der Waals surface area contributed by atoms with Crippen LogP contribution in [0.5, 0.6) is 0 Å². The molecular weight excluding hydrogens is 306 g/mol. The fraction of sp³-hybridized carbons (Fsp3) is 0. The molecule has 0 aliphatic heterocycles. The van der Waals surface area contributed by atoms with E-state index in [0.29, 0.717) is 16.9 Å². The summed E-state index contributed by atoms with van der Waals surface area (Å²) in [6.45, 7) is 0. The third kappa shape index (κ3) is 2.98. The van der Waals surface area contributed by atoms with E-state index in [4.69, 9.17) is 0 Å². The summed E-state index contributed by atoms with van der Waals surface area (Å²) in [6, 6.07) is 15.8. The molecule has 0 amide bonds. The van der Waals surface area contributed by atoms with Crippen LogP contribution in [-0.4, -0.2) is 16.2 Å². The van der Waals surface area contributed by atoms with Crippen molar-refractivity contribution < 1.29 is 9.72 Å². The molecule has 3 aromatic rings. The number of aldehydes is 1. The highest BCUT2D eigenvalue weighted by atomic mass is 16.6. The molecule has 0 radical (unpaired) electrons. The molecule has 0 saturated heterocycles. The lowest BCUT2D eigenvalue weighted by atomic mass is 9.98. The van der Waals surface area contributed by atoms with Gasteiger partial charge in [0.2, 0.25) is 0 Å². The molecule has 6 nitrogen and oxygen atoms in total. The molecule has 2 aromatic carbocycles. The van der Waals surface area contributed by atoms with Gasteiger partial charge in [0.15, 0.2) is 6.29 Å². The molecule has 0 unspecified atom stereocenters. The molecule has 0 spiro atoms. The molecule has 0 aliphatic carbocycles. The van der Waals surface area contributed by atoms with Gasteiger partial charge in [0.25, 0.3) is 5.69 Å². The van der Waals surface area contributed by atoms with E-state index in [9.17, 15) is 14.9 Å². The summed E-state index contributed by atoms with van der Waals surface area (Å²) < 4.78 is 0. The Morgan fingerprint density at radius 2 is 1.67 bits per heavy atom. The molecule has 0 bridgehead atoms. The minimum absolute atomic E-state index is 0.0662. The number of aromatic nitrogens is 1. The highest BCUT2D eigenvalue weighted by molar-refractivity contribution is 5.92. The maximum absolute atomic E-state index is 11.3. The average molecular weight is 319 g/mol. The van der Waals surface area contributed by atoms with Gasteiger partial charge in [-0.1, -0.05) is 42.5 Å². The molecule has 1 heterocycles. The first kappa shape index (κ1) is 15.4. The molecule has 3 rings (SSSR count). The largest absolute Gasteiger partial charge is 0.348 e. The zero-order valence-corrected chi connectivity index (χ0v) is 12.5. The summed E-state index contributed by atoms with van der Waals surface area (Å²) in [5, 5.41) is 14.2. The number of hydrogen-bond acceptors (Lipinski definition) is 5. The van der Waals surface area contributed by atoms with Gasteiger partial charge in [0.05, 0.1) is 11.1 Å². The van der Waals surface area contributed by atoms with E-state index in [1.807, 2.05) is 30.3 Å². The van der Waals surface area contributed by atoms with Crippen LogP contribution in [0, 0.1) is 10.1 Å². The van der Waals surface area contributed by atoms with Crippen LogP contribution in [0.4, 0.5) is 17.1 Å². The number of rotatable bonds is 5. The molecule has 0 fully saturated rings. The second kappa shape index (κ2) is 6.70. The van der Waals surface area contributed by atoms with Gasteiger partial charge in [-0.2, -0.15) is 0 Å². The molecule has 24 heavy (non-hydrogen) atoms. The lowest BCUT2D eigenvalue weighted by Crippen LogP contribution is -1.99. The van der Waals surface area contributed by atoms with E-state index < -0.39 is 4.92 Å². The van der Waals surface area contributed by atoms with Gasteiger partial charge < -0.3 is 5.32 Å². The number of nitro groups is 1. The van der Waals surface area contributed by atoms with Crippen molar-refractivity contribution >= 4 is 23.3 Å². The summed E-state index contributed by atoms with van der Waals surface area (Å²) in [7, 11) is 0. The summed E-state index contributed by atoms with van der Waals surface area (Å²) in [6.07, 6.45) is 3.57. The van der Waals surface area contributed by atoms with Gasteiger partial charge in [0.1, 0.15) is 5.69 Å². The number of hydrogen-bond donors (Lipinski definition) is 1. The molecule has 1 aromatic heterocycles. The molecule has 0 aliphatic rings. The number of anilines is 2. The van der Waals surface area contributed by atoms with Crippen molar-refractivity contribution in [1.82, 2.24) is 4.98 Å². The standard InChI is InChI=1S/C18H13N3O3/c22-12-13-5-1-2-6-14(13)15-7-3-4-8-16(15)20-17-11-19-10-9-18(17)21(23)24/h1-12,20H. The Labute approximate surface area is 137 Å². The number of pyridine rings is 1. The van der Waals surface area contributed by atoms with Gasteiger partial charge in [-0.25, -0.2) is 0 Å². The SMILES string of the molecule is O=Cc1ccccc1-c1ccccc1Nc1cnccc1[N+](=O)[O-]. The van der Waals surface area contributed by atoms with Crippen molar-refractivity contribution in [1.29, 1.82) is 0 Å². The highest BCUT2D eigenvalue weighted by Gasteiger charge is 2.15. The van der Waals surface area contributed by atoms with Crippen LogP contribution in [-0.2, 0) is 0 Å². The first-order chi connectivity index (χ1) is 11.7. The second-order valence-electron chi connectivity index (χ2n) is 5.03. The Bertz CT molecular complexity index is 909. The predicted octanol–water partition coefficient (Wildman–Crippen LogP) is 4.21. The monoisotopic (exact) mass is 319 g/mol. The van der Waals surface area contributed by atoms with Crippen LogP contribution in [0.3, 0.4) is 0 Å². The number of carbonyl (C=O) groups is 1. The van der Waals surface area contributed by atoms with E-state index in [0.717, 1.165) is 17.4 Å². The topological polar surface area (TPSA) is 85.1 Å². The van der Waals surface area contributed by atoms with Gasteiger partial charge in [-0.15, -0.1) is 0 Å². The van der Waals surface area contributed by atoms with Gasteiger partial charge in [0, 0.05) is 29.1 Å². The fourth-order valence-corrected chi connectivity index (χ4v) is 2.46. The van der Waals surface area contributed by atoms with E-state index in [1.54, 1.807) is 18.2 Å². The van der Waals surface area contributed by atoms with Crippen LogP contribution in [0.25, 0.3) is 11.1 Å². The van der Waals surface area contributed by atoms with Crippen LogP contribution >= 0.6 is 0 Å². The van der Waals surface area contributed by atoms with Crippen LogP contribution in [0.1, 0.15) is 10.4 Å². The maximum Gasteiger partial charge on any atom is 0.295 e. The number of para-hydroxylation sites is 1. The van der Waals surface area contributed by atoms with Crippen molar-refractivity contribution in [3.63, 3.8) is 0 Å². The third-order valence-corrected chi connectivity index (χ3v) is 3.57. The average Bonchev–Trinajstić information content (AvgIpc) is 2.62. The molecule has 6 heteroatoms. The first-order valence-electron chi connectivity index (χ1n) is 7.19. The molecule has 118 valence electrons. The van der Waals surface area contributed by atoms with Gasteiger partial charge in [-0.3, -0.25) is 19.9 Å². The fourth-order valence-electron chi connectivity index (χ4n) is 2.46. The highest BCUT2D eigenvalue weighted by Crippen LogP contribution is 2.34. The van der Waals surface area contributed by atoms with Gasteiger partial charge in [-0.05, 0) is 11.6 Å². The molecule has 0 atom stereocenters. The van der Waals surface area contributed by atoms with E-state index in [2.05, 4.69) is 10.3 Å². The van der Waals surface area contributed by atoms with Crippen LogP contribution in [0.2, 0.25) is 0 Å². The van der Waals surface area contributed by atoms with Crippen molar-refractivity contribution in [2.75, 3.05) is 5.32 Å². The second-order valence-corrected chi connectivity index (χ2v) is 5.03. The normalized spacial score (nSPS) is 10.2. The zero-order chi connectivity index (χ0) is 16.9. The first-order valence-corrected chi connectivity index (χ1v) is 7.19. The summed E-state index contributed by atoms with van der Waals surface area (Å²) >= 11 is 0. The van der Waals surface area contributed by atoms with Crippen molar-refractivity contribution in [2.24, 2.45) is 0 Å². The minimum Gasteiger partial charge on any atom is -0.348 e. The summed E-state index contributed by atoms with van der Waals surface area (Å²) in [5.41, 5.74) is 2.96. The lowest BCUT2D eigenvalue weighted by molar-refractivity contribution is -0.384. The number of nitrogens with one attached hydrogen (secondary N) is 1. The Morgan fingerprint density at radius 3 is 2.42 bits per heavy atom. The molecule has 0 saturated carbocycles. The minimum atomic E-state index is -0.466. The smallest absolute Gasteiger partial charge is 0.295 e. The summed E-state index contributed by atoms with van der Waals surface area (Å²) in [4.78, 5) is 25.9. The molecule has 1 N–H and O–H groups in total. The zero-order valence-electron chi connectivity index (χ0n) is 12.5. The van der Waals surface area contributed by atoms with E-state index in [1.165, 1.54) is 18.5 Å².